The number of nitrogens with zero attached hydrogens (tertiary/aromatic N) is 6. The number of hydrogen-bond acceptors (Lipinski definition) is 9. The Balaban J connectivity index is 1.27. The first-order valence-corrected chi connectivity index (χ1v) is 15.1. The number of pyridine rings is 2. The average Bonchev–Trinajstić information content (AvgIpc) is 3.50. The van der Waals surface area contributed by atoms with Gasteiger partial charge >= 0.3 is 12.2 Å². The van der Waals surface area contributed by atoms with Crippen LogP contribution < -0.4 is 10.6 Å². The lowest BCUT2D eigenvalue weighted by molar-refractivity contribution is 0.0411. The summed E-state index contributed by atoms with van der Waals surface area (Å²) in [5, 5.41) is 14.3. The number of alkyl carbamates (subject to hydrolysis) is 1. The van der Waals surface area contributed by atoms with Crippen molar-refractivity contribution in [2.45, 2.75) is 51.5 Å². The smallest absolute Gasteiger partial charge is 0.410 e. The van der Waals surface area contributed by atoms with Crippen molar-refractivity contribution in [3.8, 4) is 11.3 Å². The molecule has 1 aliphatic rings. The van der Waals surface area contributed by atoms with E-state index in [1.54, 1.807) is 73.1 Å². The van der Waals surface area contributed by atoms with E-state index in [4.69, 9.17) is 9.47 Å². The number of benzene rings is 1. The Morgan fingerprint density at radius 3 is 2.53 bits per heavy atom. The Labute approximate surface area is 268 Å². The highest BCUT2D eigenvalue weighted by Gasteiger charge is 2.34. The van der Waals surface area contributed by atoms with Crippen LogP contribution >= 0.6 is 15.9 Å². The highest BCUT2D eigenvalue weighted by molar-refractivity contribution is 9.10. The number of anilines is 1. The van der Waals surface area contributed by atoms with Crippen molar-refractivity contribution < 1.29 is 23.9 Å². The first-order valence-electron chi connectivity index (χ1n) is 14.3. The molecule has 1 saturated heterocycles. The summed E-state index contributed by atoms with van der Waals surface area (Å²) in [4.78, 5) is 48.3. The van der Waals surface area contributed by atoms with Gasteiger partial charge in [0, 0.05) is 24.8 Å². The van der Waals surface area contributed by atoms with Gasteiger partial charge in [0.05, 0.1) is 18.3 Å². The van der Waals surface area contributed by atoms with Crippen LogP contribution in [0.5, 0.6) is 0 Å². The van der Waals surface area contributed by atoms with Crippen LogP contribution in [0.25, 0.3) is 11.3 Å². The number of piperidine rings is 1. The van der Waals surface area contributed by atoms with Gasteiger partial charge in [0.1, 0.15) is 34.0 Å². The predicted molar refractivity (Wildman–Crippen MR) is 168 cm³/mol. The minimum absolute atomic E-state index is 0.126. The number of nitrogens with one attached hydrogen (secondary N) is 2. The van der Waals surface area contributed by atoms with E-state index in [2.05, 4.69) is 46.8 Å². The second kappa shape index (κ2) is 13.8. The summed E-state index contributed by atoms with van der Waals surface area (Å²) in [6.45, 7) is 6.04. The molecular weight excluding hydrogens is 644 g/mol. The molecule has 234 valence electrons. The van der Waals surface area contributed by atoms with Crippen LogP contribution in [-0.4, -0.2) is 72.7 Å². The van der Waals surface area contributed by atoms with Crippen LogP contribution in [0.2, 0.25) is 0 Å². The fourth-order valence-corrected chi connectivity index (χ4v) is 5.07. The Morgan fingerprint density at radius 1 is 1.02 bits per heavy atom. The number of carbonyl (C=O) groups excluding carboxylic acids is 3. The Kier molecular flexibility index (Phi) is 9.71. The number of rotatable bonds is 7. The summed E-state index contributed by atoms with van der Waals surface area (Å²) in [6, 6.07) is 17.2. The zero-order valence-electron chi connectivity index (χ0n) is 25.0. The SMILES string of the molecule is CC(C)(C)OC(=O)NC1CC(n2cc(-c3ccc(NC(=O)c4cccc(Br)n4)nc3)nn2)CN(C(=O)OCc2ccccc2)C1. The van der Waals surface area contributed by atoms with Gasteiger partial charge < -0.3 is 25.0 Å². The van der Waals surface area contributed by atoms with Crippen molar-refractivity contribution in [2.24, 2.45) is 0 Å². The lowest BCUT2D eigenvalue weighted by Gasteiger charge is -2.37. The number of ether oxygens (including phenoxy) is 2. The van der Waals surface area contributed by atoms with E-state index in [0.717, 1.165) is 5.56 Å². The Bertz CT molecular complexity index is 1640. The average molecular weight is 678 g/mol. The van der Waals surface area contributed by atoms with E-state index in [0.29, 0.717) is 34.6 Å². The van der Waals surface area contributed by atoms with Crippen LogP contribution in [-0.2, 0) is 16.1 Å². The van der Waals surface area contributed by atoms with Crippen molar-refractivity contribution in [1.29, 1.82) is 0 Å². The van der Waals surface area contributed by atoms with Gasteiger partial charge in [-0.3, -0.25) is 4.79 Å². The summed E-state index contributed by atoms with van der Waals surface area (Å²) in [5.74, 6) is -0.0351. The first kappa shape index (κ1) is 31.6. The number of aromatic nitrogens is 5. The summed E-state index contributed by atoms with van der Waals surface area (Å²) in [6.07, 6.45) is 2.75. The van der Waals surface area contributed by atoms with Gasteiger partial charge in [-0.1, -0.05) is 41.6 Å². The zero-order chi connectivity index (χ0) is 32.0. The molecular formula is C31H33BrN8O5. The molecule has 2 N–H and O–H groups in total. The third-order valence-corrected chi connectivity index (χ3v) is 7.19. The van der Waals surface area contributed by atoms with Gasteiger partial charge in [-0.2, -0.15) is 0 Å². The number of carbonyl (C=O) groups is 3. The van der Waals surface area contributed by atoms with Gasteiger partial charge in [-0.05, 0) is 73.0 Å². The molecule has 1 aliphatic heterocycles. The van der Waals surface area contributed by atoms with Crippen LogP contribution in [0.15, 0.2) is 77.7 Å². The molecule has 0 aliphatic carbocycles. The quantitative estimate of drug-likeness (QED) is 0.251. The Hall–Kier alpha value is -4.85. The monoisotopic (exact) mass is 676 g/mol. The number of halogens is 1. The Morgan fingerprint density at radius 2 is 1.82 bits per heavy atom. The van der Waals surface area contributed by atoms with Gasteiger partial charge in [-0.15, -0.1) is 5.10 Å². The lowest BCUT2D eigenvalue weighted by Crippen LogP contribution is -2.53. The van der Waals surface area contributed by atoms with Crippen LogP contribution in [0.3, 0.4) is 0 Å². The molecule has 5 rings (SSSR count). The minimum Gasteiger partial charge on any atom is -0.445 e. The molecule has 4 heterocycles. The molecule has 3 amide bonds. The lowest BCUT2D eigenvalue weighted by atomic mass is 10.0. The topological polar surface area (TPSA) is 153 Å². The van der Waals surface area contributed by atoms with E-state index in [-0.39, 0.29) is 30.8 Å². The molecule has 45 heavy (non-hydrogen) atoms. The molecule has 2 unspecified atom stereocenters. The van der Waals surface area contributed by atoms with E-state index < -0.39 is 23.8 Å². The van der Waals surface area contributed by atoms with Crippen molar-refractivity contribution in [3.63, 3.8) is 0 Å². The maximum absolute atomic E-state index is 13.1. The van der Waals surface area contributed by atoms with Crippen LogP contribution in [0, 0.1) is 0 Å². The molecule has 13 nitrogen and oxygen atoms in total. The second-order valence-electron chi connectivity index (χ2n) is 11.5. The van der Waals surface area contributed by atoms with Gasteiger partial charge in [0.2, 0.25) is 0 Å². The third-order valence-electron chi connectivity index (χ3n) is 6.75. The highest BCUT2D eigenvalue weighted by Crippen LogP contribution is 2.25. The molecule has 14 heteroatoms. The second-order valence-corrected chi connectivity index (χ2v) is 12.3. The van der Waals surface area contributed by atoms with Gasteiger partial charge in [-0.25, -0.2) is 24.2 Å². The first-order chi connectivity index (χ1) is 21.5. The molecule has 4 aromatic rings. The fraction of sp³-hybridized carbons (Fsp3) is 0.323. The van der Waals surface area contributed by atoms with Crippen molar-refractivity contribution in [1.82, 2.24) is 35.2 Å². The van der Waals surface area contributed by atoms with Crippen molar-refractivity contribution in [3.05, 3.63) is 88.9 Å². The molecule has 1 fully saturated rings. The molecule has 0 radical (unpaired) electrons. The molecule has 2 atom stereocenters. The summed E-state index contributed by atoms with van der Waals surface area (Å²) < 4.78 is 13.3. The highest BCUT2D eigenvalue weighted by atomic mass is 79.9. The molecule has 3 aromatic heterocycles. The molecule has 0 spiro atoms. The van der Waals surface area contributed by atoms with E-state index in [1.807, 2.05) is 30.3 Å². The summed E-state index contributed by atoms with van der Waals surface area (Å²) >= 11 is 3.26. The summed E-state index contributed by atoms with van der Waals surface area (Å²) in [7, 11) is 0. The van der Waals surface area contributed by atoms with Crippen molar-refractivity contribution >= 4 is 39.8 Å². The van der Waals surface area contributed by atoms with Gasteiger partial charge in [0.15, 0.2) is 0 Å². The van der Waals surface area contributed by atoms with Crippen LogP contribution in [0.1, 0.15) is 49.3 Å². The molecule has 1 aromatic carbocycles. The van der Waals surface area contributed by atoms with E-state index in [9.17, 15) is 14.4 Å². The van der Waals surface area contributed by atoms with Crippen LogP contribution in [0.4, 0.5) is 15.4 Å². The maximum atomic E-state index is 13.1. The number of hydrogen-bond donors (Lipinski definition) is 2. The molecule has 0 bridgehead atoms. The fourth-order valence-electron chi connectivity index (χ4n) is 4.72. The van der Waals surface area contributed by atoms with E-state index in [1.165, 1.54) is 0 Å². The predicted octanol–water partition coefficient (Wildman–Crippen LogP) is 5.23. The maximum Gasteiger partial charge on any atom is 0.410 e. The number of likely N-dealkylation sites (tertiary alicyclic amines) is 1. The molecule has 0 saturated carbocycles. The third kappa shape index (κ3) is 8.85. The standard InChI is InChI=1S/C31H33BrN8O5/c1-31(2,3)45-29(42)34-22-14-23(17-39(16-22)30(43)44-19-20-8-5-4-6-9-20)40-18-25(37-38-40)21-12-13-27(33-15-21)36-28(41)24-10-7-11-26(32)35-24/h4-13,15,18,22-23H,14,16-17,19H2,1-3H3,(H,34,42)(H,33,36,41). The van der Waals surface area contributed by atoms with Crippen molar-refractivity contribution in [2.75, 3.05) is 18.4 Å². The van der Waals surface area contributed by atoms with E-state index >= 15 is 0 Å². The largest absolute Gasteiger partial charge is 0.445 e. The van der Waals surface area contributed by atoms with Gasteiger partial charge in [0.25, 0.3) is 5.91 Å². The normalized spacial score (nSPS) is 16.5. The minimum atomic E-state index is -0.671. The number of amides is 3. The summed E-state index contributed by atoms with van der Waals surface area (Å²) in [5.41, 5.74) is 1.68. The zero-order valence-corrected chi connectivity index (χ0v) is 26.6.